The molecule has 0 saturated heterocycles. The number of carbonyl (C=O) groups is 1. The number of hydrogen-bond acceptors (Lipinski definition) is 2. The van der Waals surface area contributed by atoms with Crippen molar-refractivity contribution < 1.29 is 9.90 Å². The van der Waals surface area contributed by atoms with E-state index in [0.717, 1.165) is 11.3 Å². The van der Waals surface area contributed by atoms with Crippen molar-refractivity contribution in [3.8, 4) is 0 Å². The van der Waals surface area contributed by atoms with E-state index in [1.54, 1.807) is 16.8 Å². The van der Waals surface area contributed by atoms with Crippen molar-refractivity contribution in [1.29, 1.82) is 0 Å². The highest BCUT2D eigenvalue weighted by molar-refractivity contribution is 5.75. The molecule has 1 aromatic carbocycles. The number of benzene rings is 1. The first-order chi connectivity index (χ1) is 8.79. The van der Waals surface area contributed by atoms with Crippen molar-refractivity contribution in [3.63, 3.8) is 0 Å². The molecule has 0 aliphatic carbocycles. The molecule has 18 heavy (non-hydrogen) atoms. The fourth-order valence-electron chi connectivity index (χ4n) is 1.75. The number of nitrogens with one attached hydrogen (secondary N) is 1. The summed E-state index contributed by atoms with van der Waals surface area (Å²) < 4.78 is 1.74. The van der Waals surface area contributed by atoms with Crippen LogP contribution in [0, 0.1) is 0 Å². The molecule has 0 fully saturated rings. The molecule has 4 nitrogen and oxygen atoms in total. The third kappa shape index (κ3) is 3.21. The van der Waals surface area contributed by atoms with Gasteiger partial charge in [-0.3, -0.25) is 4.79 Å². The monoisotopic (exact) mass is 244 g/mol. The maximum Gasteiger partial charge on any atom is 0.240 e. The van der Waals surface area contributed by atoms with Crippen LogP contribution in [0.15, 0.2) is 48.7 Å². The second kappa shape index (κ2) is 6.02. The molecule has 4 heteroatoms. The van der Waals surface area contributed by atoms with Crippen LogP contribution in [-0.4, -0.2) is 15.6 Å². The lowest BCUT2D eigenvalue weighted by Gasteiger charge is -2.08. The van der Waals surface area contributed by atoms with Crippen LogP contribution in [0.1, 0.15) is 11.3 Å². The van der Waals surface area contributed by atoms with Gasteiger partial charge in [-0.05, 0) is 17.7 Å². The van der Waals surface area contributed by atoms with Crippen molar-refractivity contribution >= 4 is 5.91 Å². The van der Waals surface area contributed by atoms with E-state index in [1.807, 2.05) is 36.4 Å². The topological polar surface area (TPSA) is 54.3 Å². The van der Waals surface area contributed by atoms with Crippen LogP contribution in [0.5, 0.6) is 0 Å². The Balaban J connectivity index is 1.86. The number of nitrogens with zero attached hydrogens (tertiary/aromatic N) is 1. The van der Waals surface area contributed by atoms with Gasteiger partial charge in [-0.15, -0.1) is 0 Å². The van der Waals surface area contributed by atoms with E-state index in [-0.39, 0.29) is 19.1 Å². The van der Waals surface area contributed by atoms with Crippen molar-refractivity contribution in [2.45, 2.75) is 19.7 Å². The summed E-state index contributed by atoms with van der Waals surface area (Å²) in [6, 6.07) is 13.4. The summed E-state index contributed by atoms with van der Waals surface area (Å²) in [6.45, 7) is 0.699. The maximum atomic E-state index is 11.7. The molecule has 0 bridgehead atoms. The van der Waals surface area contributed by atoms with Crippen LogP contribution in [0.2, 0.25) is 0 Å². The number of amides is 1. The molecular weight excluding hydrogens is 228 g/mol. The van der Waals surface area contributed by atoms with Gasteiger partial charge in [0, 0.05) is 18.4 Å². The van der Waals surface area contributed by atoms with E-state index in [2.05, 4.69) is 5.32 Å². The molecule has 0 radical (unpaired) electrons. The molecule has 2 N–H and O–H groups in total. The van der Waals surface area contributed by atoms with Crippen molar-refractivity contribution in [3.05, 3.63) is 59.9 Å². The Morgan fingerprint density at radius 3 is 2.67 bits per heavy atom. The predicted molar refractivity (Wildman–Crippen MR) is 68.6 cm³/mol. The van der Waals surface area contributed by atoms with Crippen molar-refractivity contribution in [1.82, 2.24) is 9.88 Å². The molecule has 1 aromatic heterocycles. The molecule has 0 aliphatic rings. The Morgan fingerprint density at radius 1 is 1.17 bits per heavy atom. The summed E-state index contributed by atoms with van der Waals surface area (Å²) >= 11 is 0. The minimum absolute atomic E-state index is 0.0566. The van der Waals surface area contributed by atoms with Gasteiger partial charge < -0.3 is 15.0 Å². The van der Waals surface area contributed by atoms with E-state index in [9.17, 15) is 4.79 Å². The van der Waals surface area contributed by atoms with E-state index in [1.165, 1.54) is 0 Å². The van der Waals surface area contributed by atoms with Crippen molar-refractivity contribution in [2.75, 3.05) is 0 Å². The predicted octanol–water partition coefficient (Wildman–Crippen LogP) is 1.30. The summed E-state index contributed by atoms with van der Waals surface area (Å²) in [4.78, 5) is 11.7. The largest absolute Gasteiger partial charge is 0.390 e. The van der Waals surface area contributed by atoms with Crippen LogP contribution in [0.4, 0.5) is 0 Å². The lowest BCUT2D eigenvalue weighted by molar-refractivity contribution is -0.121. The molecule has 1 amide bonds. The summed E-state index contributed by atoms with van der Waals surface area (Å²) in [5.41, 5.74) is 1.81. The Labute approximate surface area is 106 Å². The number of hydrogen-bond donors (Lipinski definition) is 2. The summed E-state index contributed by atoms with van der Waals surface area (Å²) in [6.07, 6.45) is 1.79. The lowest BCUT2D eigenvalue weighted by atomic mass is 10.2. The van der Waals surface area contributed by atoms with Gasteiger partial charge in [0.05, 0.1) is 6.61 Å². The highest BCUT2D eigenvalue weighted by atomic mass is 16.3. The van der Waals surface area contributed by atoms with Gasteiger partial charge in [0.25, 0.3) is 0 Å². The summed E-state index contributed by atoms with van der Waals surface area (Å²) in [5, 5.41) is 11.9. The average molecular weight is 244 g/mol. The number of aliphatic hydroxyl groups is 1. The zero-order valence-electron chi connectivity index (χ0n) is 10.0. The minimum atomic E-state index is -0.0650. The number of aromatic nitrogens is 1. The van der Waals surface area contributed by atoms with Gasteiger partial charge in [-0.25, -0.2) is 0 Å². The summed E-state index contributed by atoms with van der Waals surface area (Å²) in [5.74, 6) is -0.0650. The Kier molecular flexibility index (Phi) is 4.15. The molecule has 1 heterocycles. The van der Waals surface area contributed by atoms with E-state index in [0.29, 0.717) is 6.54 Å². The van der Waals surface area contributed by atoms with E-state index >= 15 is 0 Å². The normalized spacial score (nSPS) is 10.3. The molecule has 2 rings (SSSR count). The Morgan fingerprint density at radius 2 is 1.94 bits per heavy atom. The quantitative estimate of drug-likeness (QED) is 0.833. The van der Waals surface area contributed by atoms with Gasteiger partial charge in [0.2, 0.25) is 5.91 Å². The molecule has 2 aromatic rings. The smallest absolute Gasteiger partial charge is 0.240 e. The molecule has 0 aliphatic heterocycles. The highest BCUT2D eigenvalue weighted by Crippen LogP contribution is 2.02. The van der Waals surface area contributed by atoms with Crippen LogP contribution < -0.4 is 5.32 Å². The second-order valence-electron chi connectivity index (χ2n) is 4.05. The summed E-state index contributed by atoms with van der Waals surface area (Å²) in [7, 11) is 0. The average Bonchev–Trinajstić information content (AvgIpc) is 2.85. The maximum absolute atomic E-state index is 11.7. The third-order valence-electron chi connectivity index (χ3n) is 2.73. The molecule has 94 valence electrons. The van der Waals surface area contributed by atoms with Gasteiger partial charge >= 0.3 is 0 Å². The van der Waals surface area contributed by atoms with Crippen molar-refractivity contribution in [2.24, 2.45) is 0 Å². The third-order valence-corrected chi connectivity index (χ3v) is 2.73. The molecule has 0 spiro atoms. The second-order valence-corrected chi connectivity index (χ2v) is 4.05. The van der Waals surface area contributed by atoms with Crippen LogP contribution in [0.3, 0.4) is 0 Å². The Hall–Kier alpha value is -2.07. The van der Waals surface area contributed by atoms with Gasteiger partial charge in [0.1, 0.15) is 6.54 Å². The van der Waals surface area contributed by atoms with Crippen LogP contribution in [-0.2, 0) is 24.5 Å². The number of rotatable bonds is 5. The Bertz CT molecular complexity index is 506. The zero-order valence-corrected chi connectivity index (χ0v) is 10.0. The van der Waals surface area contributed by atoms with Gasteiger partial charge in [-0.1, -0.05) is 30.3 Å². The molecular formula is C14H16N2O2. The minimum Gasteiger partial charge on any atom is -0.390 e. The standard InChI is InChI=1S/C14H16N2O2/c17-11-13-7-4-8-16(13)10-14(18)15-9-12-5-2-1-3-6-12/h1-8,17H,9-11H2,(H,15,18). The lowest BCUT2D eigenvalue weighted by Crippen LogP contribution is -2.27. The van der Waals surface area contributed by atoms with E-state index < -0.39 is 0 Å². The van der Waals surface area contributed by atoms with Gasteiger partial charge in [0.15, 0.2) is 0 Å². The van der Waals surface area contributed by atoms with Crippen LogP contribution >= 0.6 is 0 Å². The fraction of sp³-hybridized carbons (Fsp3) is 0.214. The van der Waals surface area contributed by atoms with E-state index in [4.69, 9.17) is 5.11 Å². The number of carbonyl (C=O) groups excluding carboxylic acids is 1. The SMILES string of the molecule is O=C(Cn1cccc1CO)NCc1ccccc1. The molecule has 0 unspecified atom stereocenters. The first kappa shape index (κ1) is 12.4. The fourth-order valence-corrected chi connectivity index (χ4v) is 1.75. The molecule has 0 atom stereocenters. The molecule has 0 saturated carbocycles. The number of aliphatic hydroxyl groups excluding tert-OH is 1. The van der Waals surface area contributed by atoms with Crippen LogP contribution in [0.25, 0.3) is 0 Å². The first-order valence-electron chi connectivity index (χ1n) is 5.85. The zero-order chi connectivity index (χ0) is 12.8. The van der Waals surface area contributed by atoms with Gasteiger partial charge in [-0.2, -0.15) is 0 Å². The first-order valence-corrected chi connectivity index (χ1v) is 5.85. The highest BCUT2D eigenvalue weighted by Gasteiger charge is 2.05.